The summed E-state index contributed by atoms with van der Waals surface area (Å²) in [5.74, 6) is -0.782. The summed E-state index contributed by atoms with van der Waals surface area (Å²) in [6.07, 6.45) is 0.577. The van der Waals surface area contributed by atoms with Crippen LogP contribution in [0.25, 0.3) is 0 Å². The molecule has 0 unspecified atom stereocenters. The van der Waals surface area contributed by atoms with Gasteiger partial charge in [-0.15, -0.1) is 0 Å². The smallest absolute Gasteiger partial charge is 0.338 e. The molecule has 3 rings (SSSR count). The highest BCUT2D eigenvalue weighted by molar-refractivity contribution is 5.97. The summed E-state index contributed by atoms with van der Waals surface area (Å²) in [5.41, 5.74) is 3.01. The van der Waals surface area contributed by atoms with Gasteiger partial charge in [0.2, 0.25) is 5.91 Å². The number of hydrogen-bond acceptors (Lipinski definition) is 4. The highest BCUT2D eigenvalue weighted by Crippen LogP contribution is 2.16. The maximum Gasteiger partial charge on any atom is 0.338 e. The summed E-state index contributed by atoms with van der Waals surface area (Å²) < 4.78 is 5.28. The molecule has 28 heavy (non-hydrogen) atoms. The number of benzene rings is 2. The van der Waals surface area contributed by atoms with Crippen LogP contribution in [0.5, 0.6) is 0 Å². The number of carbonyl (C=O) groups excluding carboxylic acids is 3. The summed E-state index contributed by atoms with van der Waals surface area (Å²) in [7, 11) is 0. The first-order valence-corrected chi connectivity index (χ1v) is 9.37. The van der Waals surface area contributed by atoms with Crippen molar-refractivity contribution < 1.29 is 19.1 Å². The van der Waals surface area contributed by atoms with Crippen LogP contribution in [0.4, 0.5) is 5.69 Å². The molecule has 1 saturated heterocycles. The third-order valence-electron chi connectivity index (χ3n) is 4.67. The number of anilines is 1. The molecule has 0 radical (unpaired) electrons. The van der Waals surface area contributed by atoms with E-state index in [1.807, 2.05) is 30.0 Å². The van der Waals surface area contributed by atoms with Gasteiger partial charge in [0.1, 0.15) is 0 Å². The van der Waals surface area contributed by atoms with Gasteiger partial charge in [-0.1, -0.05) is 24.3 Å². The number of esters is 1. The molecular weight excluding hydrogens is 356 g/mol. The van der Waals surface area contributed by atoms with Crippen LogP contribution in [-0.2, 0) is 20.9 Å². The zero-order chi connectivity index (χ0) is 20.1. The zero-order valence-electron chi connectivity index (χ0n) is 16.1. The number of carbonyl (C=O) groups is 3. The van der Waals surface area contributed by atoms with Crippen LogP contribution in [0.15, 0.2) is 48.5 Å². The summed E-state index contributed by atoms with van der Waals surface area (Å²) in [6.45, 7) is 4.79. The predicted octanol–water partition coefficient (Wildman–Crippen LogP) is 3.30. The van der Waals surface area contributed by atoms with Crippen molar-refractivity contribution >= 4 is 23.5 Å². The van der Waals surface area contributed by atoms with Crippen LogP contribution in [0.2, 0.25) is 0 Å². The molecule has 1 fully saturated rings. The van der Waals surface area contributed by atoms with Crippen molar-refractivity contribution in [3.8, 4) is 0 Å². The molecule has 0 bridgehead atoms. The van der Waals surface area contributed by atoms with Crippen molar-refractivity contribution in [2.24, 2.45) is 0 Å². The summed E-state index contributed by atoms with van der Waals surface area (Å²) in [4.78, 5) is 38.1. The maximum atomic E-state index is 12.3. The third kappa shape index (κ3) is 4.97. The lowest BCUT2D eigenvalue weighted by atomic mass is 10.1. The van der Waals surface area contributed by atoms with E-state index in [2.05, 4.69) is 5.32 Å². The Morgan fingerprint density at radius 2 is 1.93 bits per heavy atom. The second-order valence-corrected chi connectivity index (χ2v) is 7.02. The van der Waals surface area contributed by atoms with Crippen molar-refractivity contribution in [2.45, 2.75) is 39.3 Å². The molecule has 2 amide bonds. The van der Waals surface area contributed by atoms with Crippen LogP contribution < -0.4 is 5.32 Å². The van der Waals surface area contributed by atoms with Crippen molar-refractivity contribution in [2.75, 3.05) is 11.9 Å². The number of rotatable bonds is 6. The molecule has 1 aliphatic heterocycles. The molecule has 1 heterocycles. The quantitative estimate of drug-likeness (QED) is 0.780. The largest absolute Gasteiger partial charge is 0.449 e. The molecular formula is C22H24N2O4. The van der Waals surface area contributed by atoms with Gasteiger partial charge in [0.05, 0.1) is 5.56 Å². The van der Waals surface area contributed by atoms with E-state index in [4.69, 9.17) is 4.74 Å². The van der Waals surface area contributed by atoms with Gasteiger partial charge >= 0.3 is 5.97 Å². The fourth-order valence-electron chi connectivity index (χ4n) is 3.09. The van der Waals surface area contributed by atoms with E-state index in [0.717, 1.165) is 24.1 Å². The molecule has 0 aromatic heterocycles. The van der Waals surface area contributed by atoms with Crippen molar-refractivity contribution in [1.29, 1.82) is 0 Å². The fourth-order valence-corrected chi connectivity index (χ4v) is 3.09. The van der Waals surface area contributed by atoms with E-state index >= 15 is 0 Å². The number of amides is 2. The van der Waals surface area contributed by atoms with Gasteiger partial charge in [0, 0.05) is 25.2 Å². The number of nitrogens with zero attached hydrogens (tertiary/aromatic N) is 1. The van der Waals surface area contributed by atoms with Gasteiger partial charge in [-0.05, 0) is 55.7 Å². The highest BCUT2D eigenvalue weighted by atomic mass is 16.5. The number of nitrogens with one attached hydrogen (secondary N) is 1. The number of ether oxygens (including phenoxy) is 1. The molecule has 1 atom stereocenters. The molecule has 0 spiro atoms. The number of hydrogen-bond donors (Lipinski definition) is 1. The van der Waals surface area contributed by atoms with Crippen LogP contribution in [-0.4, -0.2) is 35.3 Å². The monoisotopic (exact) mass is 380 g/mol. The molecule has 0 saturated carbocycles. The Kier molecular flexibility index (Phi) is 6.09. The van der Waals surface area contributed by atoms with E-state index in [1.54, 1.807) is 30.3 Å². The van der Waals surface area contributed by atoms with Gasteiger partial charge in [0.15, 0.2) is 6.10 Å². The second-order valence-electron chi connectivity index (χ2n) is 7.02. The third-order valence-corrected chi connectivity index (χ3v) is 4.67. The molecule has 6 heteroatoms. The first kappa shape index (κ1) is 19.6. The van der Waals surface area contributed by atoms with Gasteiger partial charge in [-0.25, -0.2) is 4.79 Å². The first-order valence-electron chi connectivity index (χ1n) is 9.37. The Bertz CT molecular complexity index is 876. The molecule has 6 nitrogen and oxygen atoms in total. The molecule has 146 valence electrons. The Hall–Kier alpha value is -3.15. The molecule has 2 aromatic carbocycles. The molecule has 1 N–H and O–H groups in total. The van der Waals surface area contributed by atoms with Gasteiger partial charge in [-0.3, -0.25) is 9.59 Å². The van der Waals surface area contributed by atoms with E-state index < -0.39 is 12.1 Å². The standard InChI is InChI=1S/C22H24N2O4/c1-15-5-3-6-19(13-15)23-21(26)16(2)28-22(27)18-10-8-17(9-11-18)14-24-12-4-7-20(24)25/h3,5-6,8-11,13,16H,4,7,12,14H2,1-2H3,(H,23,26)/t16-/m0/s1. The average molecular weight is 380 g/mol. The molecule has 0 aliphatic carbocycles. The minimum absolute atomic E-state index is 0.164. The SMILES string of the molecule is Cc1cccc(NC(=O)[C@H](C)OC(=O)c2ccc(CN3CCCC3=O)cc2)c1. The zero-order valence-corrected chi connectivity index (χ0v) is 16.1. The Morgan fingerprint density at radius 3 is 2.57 bits per heavy atom. The topological polar surface area (TPSA) is 75.7 Å². The predicted molar refractivity (Wildman–Crippen MR) is 106 cm³/mol. The Labute approximate surface area is 164 Å². The lowest BCUT2D eigenvalue weighted by Gasteiger charge is -2.16. The average Bonchev–Trinajstić information content (AvgIpc) is 3.07. The van der Waals surface area contributed by atoms with Crippen LogP contribution in [0.1, 0.15) is 41.3 Å². The summed E-state index contributed by atoms with van der Waals surface area (Å²) >= 11 is 0. The minimum Gasteiger partial charge on any atom is -0.449 e. The van der Waals surface area contributed by atoms with Gasteiger partial charge in [0.25, 0.3) is 5.91 Å². The van der Waals surface area contributed by atoms with E-state index in [0.29, 0.717) is 24.2 Å². The van der Waals surface area contributed by atoms with Crippen molar-refractivity contribution in [3.05, 3.63) is 65.2 Å². The van der Waals surface area contributed by atoms with Crippen molar-refractivity contribution in [3.63, 3.8) is 0 Å². The molecule has 2 aromatic rings. The summed E-state index contributed by atoms with van der Waals surface area (Å²) in [5, 5.41) is 2.74. The molecule has 1 aliphatic rings. The van der Waals surface area contributed by atoms with Crippen LogP contribution in [0, 0.1) is 6.92 Å². The first-order chi connectivity index (χ1) is 13.4. The normalized spacial score (nSPS) is 14.6. The fraction of sp³-hybridized carbons (Fsp3) is 0.318. The van der Waals surface area contributed by atoms with Gasteiger partial charge in [-0.2, -0.15) is 0 Å². The number of likely N-dealkylation sites (tertiary alicyclic amines) is 1. The Morgan fingerprint density at radius 1 is 1.18 bits per heavy atom. The van der Waals surface area contributed by atoms with Crippen molar-refractivity contribution in [1.82, 2.24) is 4.90 Å². The second kappa shape index (κ2) is 8.69. The van der Waals surface area contributed by atoms with Gasteiger partial charge < -0.3 is 15.0 Å². The lowest BCUT2D eigenvalue weighted by molar-refractivity contribution is -0.128. The van der Waals surface area contributed by atoms with Crippen LogP contribution in [0.3, 0.4) is 0 Å². The van der Waals surface area contributed by atoms with E-state index in [1.165, 1.54) is 6.92 Å². The van der Waals surface area contributed by atoms with E-state index in [9.17, 15) is 14.4 Å². The number of aryl methyl sites for hydroxylation is 1. The maximum absolute atomic E-state index is 12.3. The minimum atomic E-state index is -0.921. The summed E-state index contributed by atoms with van der Waals surface area (Å²) in [6, 6.07) is 14.3. The Balaban J connectivity index is 1.54. The lowest BCUT2D eigenvalue weighted by Crippen LogP contribution is -2.30. The van der Waals surface area contributed by atoms with Crippen LogP contribution >= 0.6 is 0 Å². The highest BCUT2D eigenvalue weighted by Gasteiger charge is 2.21. The van der Waals surface area contributed by atoms with E-state index in [-0.39, 0.29) is 11.8 Å².